The average Bonchev–Trinajstić information content (AvgIpc) is 3.85. The molecular formula is C42H76N7O17P3S. The summed E-state index contributed by atoms with van der Waals surface area (Å²) in [6.07, 6.45) is 16.6. The number of fused-ring (bicyclic) bond motifs is 1. The molecule has 70 heavy (non-hydrogen) atoms. The summed E-state index contributed by atoms with van der Waals surface area (Å²) in [5.41, 5.74) is 4.29. The van der Waals surface area contributed by atoms with Gasteiger partial charge in [-0.3, -0.25) is 32.5 Å². The van der Waals surface area contributed by atoms with Gasteiger partial charge in [-0.15, -0.1) is 0 Å². The lowest BCUT2D eigenvalue weighted by Gasteiger charge is -2.30. The molecule has 3 rings (SSSR count). The largest absolute Gasteiger partial charge is 0.481 e. The third-order valence-corrected chi connectivity index (χ3v) is 15.5. The van der Waals surface area contributed by atoms with E-state index in [1.165, 1.54) is 110 Å². The number of phosphoric ester groups is 3. The summed E-state index contributed by atoms with van der Waals surface area (Å²) in [5, 5.41) is 26.7. The van der Waals surface area contributed by atoms with E-state index >= 15 is 0 Å². The first-order valence-corrected chi connectivity index (χ1v) is 29.6. The SMILES string of the molecule is CCCCCCCCCCCCCCCCCCCCC(=O)SCCNC(=O)CCNC(=O)[C@H](O)C(C)(C)COP(=O)(O)OP(=O)(O)OC[C@H]1O[C@@H](n2cnc3c(N)ncnc32)[C@@H](O)C1OP(=O)(O)O. The Kier molecular flexibility index (Phi) is 27.7. The predicted molar refractivity (Wildman–Crippen MR) is 260 cm³/mol. The normalized spacial score (nSPS) is 19.7. The number of anilines is 1. The van der Waals surface area contributed by atoms with Crippen LogP contribution < -0.4 is 16.4 Å². The Bertz CT molecular complexity index is 2050. The van der Waals surface area contributed by atoms with Gasteiger partial charge >= 0.3 is 23.5 Å². The number of aliphatic hydroxyl groups excluding tert-OH is 2. The van der Waals surface area contributed by atoms with Crippen molar-refractivity contribution >= 4 is 69.1 Å². The molecule has 7 atom stereocenters. The van der Waals surface area contributed by atoms with Crippen molar-refractivity contribution in [3.63, 3.8) is 0 Å². The van der Waals surface area contributed by atoms with Crippen LogP contribution in [0, 0.1) is 5.41 Å². The van der Waals surface area contributed by atoms with Crippen LogP contribution in [0.5, 0.6) is 0 Å². The van der Waals surface area contributed by atoms with Crippen LogP contribution in [-0.4, -0.2) is 123 Å². The quantitative estimate of drug-likeness (QED) is 0.0271. The molecule has 402 valence electrons. The van der Waals surface area contributed by atoms with Crippen molar-refractivity contribution < 1.29 is 80.5 Å². The van der Waals surface area contributed by atoms with E-state index in [0.29, 0.717) is 12.2 Å². The van der Waals surface area contributed by atoms with Crippen molar-refractivity contribution in [3.8, 4) is 0 Å². The van der Waals surface area contributed by atoms with Crippen molar-refractivity contribution in [3.05, 3.63) is 12.7 Å². The van der Waals surface area contributed by atoms with Crippen LogP contribution >= 0.6 is 35.2 Å². The van der Waals surface area contributed by atoms with Gasteiger partial charge in [-0.2, -0.15) is 4.31 Å². The maximum Gasteiger partial charge on any atom is 0.481 e. The molecular weight excluding hydrogens is 999 g/mol. The fourth-order valence-corrected chi connectivity index (χ4v) is 11.1. The van der Waals surface area contributed by atoms with E-state index in [1.54, 1.807) is 0 Å². The van der Waals surface area contributed by atoms with Crippen LogP contribution in [-0.2, 0) is 50.7 Å². The van der Waals surface area contributed by atoms with Crippen molar-refractivity contribution in [2.45, 2.75) is 180 Å². The van der Waals surface area contributed by atoms with Gasteiger partial charge in [-0.25, -0.2) is 28.6 Å². The molecule has 0 radical (unpaired) electrons. The van der Waals surface area contributed by atoms with E-state index in [4.69, 9.17) is 19.5 Å². The smallest absolute Gasteiger partial charge is 0.386 e. The van der Waals surface area contributed by atoms with Crippen LogP contribution in [0.25, 0.3) is 11.2 Å². The van der Waals surface area contributed by atoms with Crippen LogP contribution in [0.3, 0.4) is 0 Å². The van der Waals surface area contributed by atoms with Gasteiger partial charge in [0.2, 0.25) is 11.8 Å². The van der Waals surface area contributed by atoms with Gasteiger partial charge in [-0.05, 0) is 6.42 Å². The molecule has 0 saturated carbocycles. The van der Waals surface area contributed by atoms with Crippen molar-refractivity contribution in [2.24, 2.45) is 5.41 Å². The maximum atomic E-state index is 12.8. The third-order valence-electron chi connectivity index (χ3n) is 11.5. The highest BCUT2D eigenvalue weighted by molar-refractivity contribution is 8.13. The Morgan fingerprint density at radius 3 is 1.94 bits per heavy atom. The zero-order chi connectivity index (χ0) is 51.8. The van der Waals surface area contributed by atoms with Crippen LogP contribution in [0.2, 0.25) is 0 Å². The summed E-state index contributed by atoms with van der Waals surface area (Å²) in [4.78, 5) is 88.5. The minimum Gasteiger partial charge on any atom is -0.386 e. The number of rotatable bonds is 38. The Morgan fingerprint density at radius 1 is 0.814 bits per heavy atom. The first-order valence-electron chi connectivity index (χ1n) is 24.1. The van der Waals surface area contributed by atoms with Crippen molar-refractivity contribution in [2.75, 3.05) is 37.8 Å². The number of phosphoric acid groups is 3. The summed E-state index contributed by atoms with van der Waals surface area (Å²) < 4.78 is 62.5. The molecule has 2 amide bonds. The summed E-state index contributed by atoms with van der Waals surface area (Å²) >= 11 is 1.16. The number of carbonyl (C=O) groups excluding carboxylic acids is 3. The van der Waals surface area contributed by atoms with Gasteiger partial charge in [0.25, 0.3) is 0 Å². The molecule has 0 aromatic carbocycles. The number of aromatic nitrogens is 4. The monoisotopic (exact) mass is 1080 g/mol. The highest BCUT2D eigenvalue weighted by Crippen LogP contribution is 2.61. The highest BCUT2D eigenvalue weighted by atomic mass is 32.2. The Hall–Kier alpha value is -2.44. The number of imidazole rings is 1. The lowest BCUT2D eigenvalue weighted by atomic mass is 9.87. The van der Waals surface area contributed by atoms with E-state index in [0.717, 1.165) is 48.2 Å². The standard InChI is InChI=1S/C42H76N7O17P3S/c1-4-5-6-7-8-9-10-11-12-13-14-15-16-17-18-19-20-21-22-33(51)70-26-25-44-32(50)23-24-45-40(54)37(53)42(2,3)28-63-69(60,61)66-68(58,59)62-27-31-36(65-67(55,56)57)35(52)41(64-31)49-30-48-34-38(43)46-29-47-39(34)49/h29-31,35-37,41,52-53H,4-28H2,1-3H3,(H,44,50)(H,45,54)(H,58,59)(H,60,61)(H2,43,46,47)(H2,55,56,57)/t31-,35+,36?,37+,41-/m1/s1. The second-order valence-electron chi connectivity index (χ2n) is 18.1. The minimum atomic E-state index is -5.58. The number of nitrogen functional groups attached to an aromatic ring is 1. The molecule has 1 aliphatic heterocycles. The molecule has 2 aromatic heterocycles. The minimum absolute atomic E-state index is 0.0343. The van der Waals surface area contributed by atoms with Gasteiger partial charge in [0.05, 0.1) is 19.5 Å². The van der Waals surface area contributed by atoms with Crippen LogP contribution in [0.4, 0.5) is 5.82 Å². The molecule has 1 saturated heterocycles. The zero-order valence-electron chi connectivity index (χ0n) is 40.5. The van der Waals surface area contributed by atoms with Crippen molar-refractivity contribution in [1.82, 2.24) is 30.2 Å². The van der Waals surface area contributed by atoms with Gasteiger partial charge in [0.15, 0.2) is 22.8 Å². The van der Waals surface area contributed by atoms with Crippen molar-refractivity contribution in [1.29, 1.82) is 0 Å². The first-order chi connectivity index (χ1) is 33.1. The number of amides is 2. The first kappa shape index (κ1) is 61.9. The third kappa shape index (κ3) is 23.6. The zero-order valence-corrected chi connectivity index (χ0v) is 44.0. The summed E-state index contributed by atoms with van der Waals surface area (Å²) in [6, 6.07) is 0. The number of hydrogen-bond donors (Lipinski definition) is 9. The van der Waals surface area contributed by atoms with E-state index in [9.17, 15) is 57.9 Å². The number of carbonyl (C=O) groups is 3. The summed E-state index contributed by atoms with van der Waals surface area (Å²) in [5.74, 6) is -1.01. The molecule has 1 aliphatic rings. The average molecular weight is 1080 g/mol. The second kappa shape index (κ2) is 31.3. The van der Waals surface area contributed by atoms with Gasteiger partial charge in [0, 0.05) is 37.1 Å². The van der Waals surface area contributed by atoms with E-state index in [2.05, 4.69) is 41.3 Å². The van der Waals surface area contributed by atoms with Crippen LogP contribution in [0.1, 0.15) is 155 Å². The molecule has 0 spiro atoms. The Balaban J connectivity index is 1.26. The van der Waals surface area contributed by atoms with Crippen LogP contribution in [0.15, 0.2) is 12.7 Å². The molecule has 0 aliphatic carbocycles. The molecule has 28 heteroatoms. The number of nitrogens with one attached hydrogen (secondary N) is 2. The summed E-state index contributed by atoms with van der Waals surface area (Å²) in [7, 11) is -16.4. The fraction of sp³-hybridized carbons (Fsp3) is 0.810. The molecule has 0 bridgehead atoms. The lowest BCUT2D eigenvalue weighted by Crippen LogP contribution is -2.46. The van der Waals surface area contributed by atoms with Gasteiger partial charge in [-0.1, -0.05) is 142 Å². The topological polar surface area (TPSA) is 364 Å². The maximum absolute atomic E-state index is 12.8. The number of hydrogen-bond acceptors (Lipinski definition) is 18. The Morgan fingerprint density at radius 2 is 1.37 bits per heavy atom. The predicted octanol–water partition coefficient (Wildman–Crippen LogP) is 6.10. The molecule has 1 fully saturated rings. The number of aliphatic hydroxyl groups is 2. The fourth-order valence-electron chi connectivity index (χ4n) is 7.54. The number of ether oxygens (including phenoxy) is 1. The molecule has 3 unspecified atom stereocenters. The lowest BCUT2D eigenvalue weighted by molar-refractivity contribution is -0.137. The number of unbranched alkanes of at least 4 members (excludes halogenated alkanes) is 17. The molecule has 2 aromatic rings. The molecule has 3 heterocycles. The van der Waals surface area contributed by atoms with E-state index in [1.807, 2.05) is 0 Å². The number of nitrogens with zero attached hydrogens (tertiary/aromatic N) is 4. The molecule has 10 N–H and O–H groups in total. The number of thioether (sulfide) groups is 1. The highest BCUT2D eigenvalue weighted by Gasteiger charge is 2.50. The number of nitrogens with two attached hydrogens (primary N) is 1. The van der Waals surface area contributed by atoms with E-state index < -0.39 is 84.6 Å². The Labute approximate surface area is 414 Å². The van der Waals surface area contributed by atoms with Gasteiger partial charge < -0.3 is 50.9 Å². The molecule has 24 nitrogen and oxygen atoms in total. The second-order valence-corrected chi connectivity index (χ2v) is 23.4. The summed E-state index contributed by atoms with van der Waals surface area (Å²) in [6.45, 7) is 2.84. The van der Waals surface area contributed by atoms with Gasteiger partial charge in [0.1, 0.15) is 36.3 Å². The van der Waals surface area contributed by atoms with E-state index in [-0.39, 0.29) is 41.6 Å².